The highest BCUT2D eigenvalue weighted by molar-refractivity contribution is 14.1. The monoisotopic (exact) mass is 577 g/mol. The maximum atomic E-state index is 14.0. The van der Waals surface area contributed by atoms with Crippen LogP contribution in [0.15, 0.2) is 66.7 Å². The smallest absolute Gasteiger partial charge is 0.241 e. The van der Waals surface area contributed by atoms with Crippen LogP contribution < -0.4 is 4.90 Å². The Kier molecular flexibility index (Phi) is 4.88. The Labute approximate surface area is 215 Å². The molecular formula is C28H20INO5. The van der Waals surface area contributed by atoms with Crippen molar-refractivity contribution in [1.29, 1.82) is 0 Å². The first-order chi connectivity index (χ1) is 16.8. The highest BCUT2D eigenvalue weighted by Gasteiger charge is 2.74. The van der Waals surface area contributed by atoms with E-state index in [9.17, 15) is 19.2 Å². The summed E-state index contributed by atoms with van der Waals surface area (Å²) in [6.45, 7) is 3.77. The van der Waals surface area contributed by atoms with E-state index in [1.165, 1.54) is 0 Å². The largest absolute Gasteiger partial charge is 0.349 e. The second-order valence-electron chi connectivity index (χ2n) is 9.34. The number of rotatable bonds is 2. The number of halogens is 1. The highest BCUT2D eigenvalue weighted by Crippen LogP contribution is 2.57. The standard InChI is InChI=1S/C28H20INO5/c1-14-10-11-20(15(2)12-14)30-26(33)21-22(27(30)34)28(35-23(21)16-6-5-7-17(29)13-16)24(31)18-8-3-4-9-19(18)25(28)32/h3-13,21-23H,1-2H3/t21-,22+,23+/m0/s1. The molecule has 1 spiro atoms. The van der Waals surface area contributed by atoms with Gasteiger partial charge in [-0.15, -0.1) is 0 Å². The normalized spacial score (nSPS) is 24.4. The molecule has 3 atom stereocenters. The fourth-order valence-electron chi connectivity index (χ4n) is 5.80. The molecule has 0 aromatic heterocycles. The summed E-state index contributed by atoms with van der Waals surface area (Å²) in [5, 5.41) is 0. The molecule has 0 bridgehead atoms. The van der Waals surface area contributed by atoms with Gasteiger partial charge in [0.25, 0.3) is 0 Å². The summed E-state index contributed by atoms with van der Waals surface area (Å²) in [5.41, 5.74) is 1.28. The first kappa shape index (κ1) is 22.3. The van der Waals surface area contributed by atoms with Gasteiger partial charge in [0.2, 0.25) is 29.0 Å². The van der Waals surface area contributed by atoms with Gasteiger partial charge in [0.05, 0.1) is 23.6 Å². The highest BCUT2D eigenvalue weighted by atomic mass is 127. The molecule has 0 saturated carbocycles. The predicted molar refractivity (Wildman–Crippen MR) is 136 cm³/mol. The van der Waals surface area contributed by atoms with Gasteiger partial charge in [-0.1, -0.05) is 54.1 Å². The number of fused-ring (bicyclic) bond motifs is 3. The van der Waals surface area contributed by atoms with Crippen LogP contribution in [0.5, 0.6) is 0 Å². The molecule has 3 aromatic rings. The SMILES string of the molecule is Cc1ccc(N2C(=O)[C@@H]3[C@@H](c4cccc(I)c4)OC4(C(=O)c5ccccc5C4=O)[C@H]3C2=O)c(C)c1. The number of ether oxygens (including phenoxy) is 1. The quantitative estimate of drug-likeness (QED) is 0.253. The van der Waals surface area contributed by atoms with E-state index in [0.717, 1.165) is 19.6 Å². The fraction of sp³-hybridized carbons (Fsp3) is 0.214. The van der Waals surface area contributed by atoms with Crippen LogP contribution in [-0.2, 0) is 14.3 Å². The number of anilines is 1. The van der Waals surface area contributed by atoms with E-state index in [2.05, 4.69) is 22.6 Å². The fourth-order valence-corrected chi connectivity index (χ4v) is 6.36. The van der Waals surface area contributed by atoms with E-state index < -0.39 is 46.9 Å². The summed E-state index contributed by atoms with van der Waals surface area (Å²) in [6.07, 6.45) is -0.913. The molecule has 2 heterocycles. The zero-order valence-corrected chi connectivity index (χ0v) is 21.1. The maximum Gasteiger partial charge on any atom is 0.241 e. The molecule has 6 rings (SSSR count). The predicted octanol–water partition coefficient (Wildman–Crippen LogP) is 4.60. The molecule has 7 heteroatoms. The minimum absolute atomic E-state index is 0.227. The van der Waals surface area contributed by atoms with Crippen LogP contribution in [-0.4, -0.2) is 29.0 Å². The Morgan fingerprint density at radius 3 is 2.14 bits per heavy atom. The Hall–Kier alpha value is -3.17. The van der Waals surface area contributed by atoms with E-state index in [4.69, 9.17) is 4.74 Å². The third kappa shape index (κ3) is 2.91. The Bertz CT molecular complexity index is 1440. The number of ketones is 2. The van der Waals surface area contributed by atoms with Crippen LogP contribution in [0, 0.1) is 29.3 Å². The van der Waals surface area contributed by atoms with E-state index in [1.807, 2.05) is 44.2 Å². The van der Waals surface area contributed by atoms with Crippen LogP contribution in [0.1, 0.15) is 43.5 Å². The summed E-state index contributed by atoms with van der Waals surface area (Å²) in [4.78, 5) is 56.7. The molecule has 3 aliphatic rings. The summed E-state index contributed by atoms with van der Waals surface area (Å²) in [5.74, 6) is -4.37. The van der Waals surface area contributed by atoms with Crippen molar-refractivity contribution in [1.82, 2.24) is 0 Å². The second-order valence-corrected chi connectivity index (χ2v) is 10.6. The number of nitrogens with zero attached hydrogens (tertiary/aromatic N) is 1. The zero-order valence-electron chi connectivity index (χ0n) is 18.9. The number of imide groups is 1. The lowest BCUT2D eigenvalue weighted by Crippen LogP contribution is -2.51. The lowest BCUT2D eigenvalue weighted by atomic mass is 9.77. The number of aryl methyl sites for hydroxylation is 2. The summed E-state index contributed by atoms with van der Waals surface area (Å²) in [7, 11) is 0. The topological polar surface area (TPSA) is 80.8 Å². The minimum Gasteiger partial charge on any atom is -0.349 e. The number of Topliss-reactive ketones (excluding diaryl/α,β-unsaturated/α-hetero) is 2. The van der Waals surface area contributed by atoms with Crippen molar-refractivity contribution in [3.8, 4) is 0 Å². The van der Waals surface area contributed by atoms with Gasteiger partial charge in [-0.05, 0) is 65.8 Å². The molecule has 0 N–H and O–H groups in total. The second kappa shape index (κ2) is 7.66. The van der Waals surface area contributed by atoms with E-state index in [-0.39, 0.29) is 11.1 Å². The average Bonchev–Trinajstić information content (AvgIpc) is 3.40. The van der Waals surface area contributed by atoms with Crippen molar-refractivity contribution < 1.29 is 23.9 Å². The molecule has 6 nitrogen and oxygen atoms in total. The third-order valence-corrected chi connectivity index (χ3v) is 7.96. The van der Waals surface area contributed by atoms with Crippen molar-refractivity contribution in [3.63, 3.8) is 0 Å². The molecule has 0 radical (unpaired) electrons. The van der Waals surface area contributed by atoms with Crippen LogP contribution >= 0.6 is 22.6 Å². The van der Waals surface area contributed by atoms with Gasteiger partial charge < -0.3 is 4.74 Å². The van der Waals surface area contributed by atoms with Gasteiger partial charge in [0.1, 0.15) is 0 Å². The first-order valence-electron chi connectivity index (χ1n) is 11.3. The van der Waals surface area contributed by atoms with Crippen LogP contribution in [0.4, 0.5) is 5.69 Å². The van der Waals surface area contributed by atoms with Gasteiger partial charge in [-0.2, -0.15) is 0 Å². The molecule has 2 fully saturated rings. The first-order valence-corrected chi connectivity index (χ1v) is 12.4. The number of amides is 2. The van der Waals surface area contributed by atoms with E-state index in [1.54, 1.807) is 36.4 Å². The number of carbonyl (C=O) groups excluding carboxylic acids is 4. The van der Waals surface area contributed by atoms with Gasteiger partial charge in [-0.3, -0.25) is 19.2 Å². The van der Waals surface area contributed by atoms with Crippen molar-refractivity contribution in [2.24, 2.45) is 11.8 Å². The van der Waals surface area contributed by atoms with Crippen molar-refractivity contribution >= 4 is 51.7 Å². The van der Waals surface area contributed by atoms with Crippen molar-refractivity contribution in [2.75, 3.05) is 4.90 Å². The van der Waals surface area contributed by atoms with E-state index in [0.29, 0.717) is 11.3 Å². The van der Waals surface area contributed by atoms with E-state index >= 15 is 0 Å². The number of hydrogen-bond acceptors (Lipinski definition) is 5. The molecule has 174 valence electrons. The van der Waals surface area contributed by atoms with Crippen LogP contribution in [0.3, 0.4) is 0 Å². The Morgan fingerprint density at radius 1 is 0.829 bits per heavy atom. The minimum atomic E-state index is -2.06. The molecule has 2 amide bonds. The maximum absolute atomic E-state index is 14.0. The molecular weight excluding hydrogens is 557 g/mol. The number of benzene rings is 3. The Balaban J connectivity index is 1.56. The molecule has 3 aromatic carbocycles. The van der Waals surface area contributed by atoms with Crippen molar-refractivity contribution in [2.45, 2.75) is 25.6 Å². The summed E-state index contributed by atoms with van der Waals surface area (Å²) in [6, 6.07) is 19.4. The van der Waals surface area contributed by atoms with Gasteiger partial charge in [0, 0.05) is 14.7 Å². The summed E-state index contributed by atoms with van der Waals surface area (Å²) >= 11 is 2.16. The van der Waals surface area contributed by atoms with Crippen LogP contribution in [0.2, 0.25) is 0 Å². The molecule has 2 aliphatic heterocycles. The molecule has 35 heavy (non-hydrogen) atoms. The lowest BCUT2D eigenvalue weighted by Gasteiger charge is -2.27. The lowest BCUT2D eigenvalue weighted by molar-refractivity contribution is -0.127. The van der Waals surface area contributed by atoms with Gasteiger partial charge >= 0.3 is 0 Å². The Morgan fingerprint density at radius 2 is 1.51 bits per heavy atom. The zero-order chi connectivity index (χ0) is 24.6. The number of hydrogen-bond donors (Lipinski definition) is 0. The molecule has 2 saturated heterocycles. The molecule has 1 aliphatic carbocycles. The molecule has 0 unspecified atom stereocenters. The van der Waals surface area contributed by atoms with Crippen molar-refractivity contribution in [3.05, 3.63) is 98.1 Å². The average molecular weight is 577 g/mol. The summed E-state index contributed by atoms with van der Waals surface area (Å²) < 4.78 is 7.24. The van der Waals surface area contributed by atoms with Gasteiger partial charge in [-0.25, -0.2) is 4.90 Å². The number of carbonyl (C=O) groups is 4. The van der Waals surface area contributed by atoms with Crippen LogP contribution in [0.25, 0.3) is 0 Å². The third-order valence-electron chi connectivity index (χ3n) is 7.29. The van der Waals surface area contributed by atoms with Gasteiger partial charge in [0.15, 0.2) is 0 Å².